The second-order valence-electron chi connectivity index (χ2n) is 3.89. The number of carbonyl (C=O) groups excluding carboxylic acids is 2. The summed E-state index contributed by atoms with van der Waals surface area (Å²) in [5, 5.41) is 13.0. The van der Waals surface area contributed by atoms with Crippen molar-refractivity contribution in [3.63, 3.8) is 0 Å². The fourth-order valence-electron chi connectivity index (χ4n) is 1.21. The Labute approximate surface area is 114 Å². The maximum atomic E-state index is 11.8. The highest BCUT2D eigenvalue weighted by Crippen LogP contribution is 2.21. The first-order chi connectivity index (χ1) is 8.82. The van der Waals surface area contributed by atoms with E-state index in [0.29, 0.717) is 0 Å². The molecule has 0 heterocycles. The van der Waals surface area contributed by atoms with E-state index in [9.17, 15) is 19.7 Å². The second-order valence-corrected chi connectivity index (χ2v) is 4.30. The van der Waals surface area contributed by atoms with Crippen molar-refractivity contribution >= 4 is 29.1 Å². The first-order valence-electron chi connectivity index (χ1n) is 5.25. The van der Waals surface area contributed by atoms with Gasteiger partial charge in [0.2, 0.25) is 5.91 Å². The summed E-state index contributed by atoms with van der Waals surface area (Å²) in [6, 6.07) is 3.53. The Morgan fingerprint density at radius 3 is 2.58 bits per heavy atom. The molecule has 0 atom stereocenters. The van der Waals surface area contributed by atoms with Crippen LogP contribution in [-0.4, -0.2) is 42.3 Å². The predicted molar refractivity (Wildman–Crippen MR) is 69.1 cm³/mol. The largest absolute Gasteiger partial charge is 0.347 e. The molecule has 8 heteroatoms. The Morgan fingerprint density at radius 2 is 2.05 bits per heavy atom. The number of nitrogens with one attached hydrogen (secondary N) is 1. The number of nitrogens with zero attached hydrogens (tertiary/aromatic N) is 2. The molecule has 0 aliphatic rings. The predicted octanol–water partition coefficient (Wildman–Crippen LogP) is 1.07. The number of benzene rings is 1. The Kier molecular flexibility index (Phi) is 4.82. The van der Waals surface area contributed by atoms with Crippen LogP contribution in [0.15, 0.2) is 18.2 Å². The van der Waals surface area contributed by atoms with Crippen molar-refractivity contribution < 1.29 is 14.5 Å². The summed E-state index contributed by atoms with van der Waals surface area (Å²) in [7, 11) is 3.10. The molecular weight excluding hydrogens is 274 g/mol. The lowest BCUT2D eigenvalue weighted by molar-refractivity contribution is -0.384. The van der Waals surface area contributed by atoms with Crippen molar-refractivity contribution in [3.05, 3.63) is 38.9 Å². The minimum Gasteiger partial charge on any atom is -0.347 e. The van der Waals surface area contributed by atoms with Gasteiger partial charge in [-0.25, -0.2) is 0 Å². The van der Waals surface area contributed by atoms with E-state index in [1.165, 1.54) is 17.0 Å². The second kappa shape index (κ2) is 6.14. The molecule has 0 aromatic heterocycles. The summed E-state index contributed by atoms with van der Waals surface area (Å²) in [6.07, 6.45) is 0. The third-order valence-corrected chi connectivity index (χ3v) is 2.63. The minimum atomic E-state index is -0.635. The number of amides is 2. The van der Waals surface area contributed by atoms with Crippen LogP contribution < -0.4 is 5.32 Å². The van der Waals surface area contributed by atoms with Gasteiger partial charge in [-0.15, -0.1) is 0 Å². The van der Waals surface area contributed by atoms with Gasteiger partial charge in [0, 0.05) is 26.2 Å². The van der Waals surface area contributed by atoms with Gasteiger partial charge >= 0.3 is 0 Å². The van der Waals surface area contributed by atoms with E-state index in [1.807, 2.05) is 0 Å². The lowest BCUT2D eigenvalue weighted by Crippen LogP contribution is -2.36. The first-order valence-corrected chi connectivity index (χ1v) is 5.63. The van der Waals surface area contributed by atoms with Gasteiger partial charge in [-0.2, -0.15) is 0 Å². The SMILES string of the molecule is CN(C)C(=O)CNC(=O)c1cc([N+](=O)[O-])ccc1Cl. The van der Waals surface area contributed by atoms with Crippen LogP contribution in [0, 0.1) is 10.1 Å². The van der Waals surface area contributed by atoms with Crippen LogP contribution in [0.5, 0.6) is 0 Å². The lowest BCUT2D eigenvalue weighted by atomic mass is 10.2. The van der Waals surface area contributed by atoms with Crippen LogP contribution in [0.4, 0.5) is 5.69 Å². The smallest absolute Gasteiger partial charge is 0.270 e. The summed E-state index contributed by atoms with van der Waals surface area (Å²) in [5.41, 5.74) is -0.282. The highest BCUT2D eigenvalue weighted by Gasteiger charge is 2.16. The molecule has 7 nitrogen and oxygen atoms in total. The number of carbonyl (C=O) groups is 2. The van der Waals surface area contributed by atoms with Crippen LogP contribution in [0.1, 0.15) is 10.4 Å². The Bertz CT molecular complexity index is 531. The molecule has 0 fully saturated rings. The van der Waals surface area contributed by atoms with Crippen LogP contribution in [0.3, 0.4) is 0 Å². The van der Waals surface area contributed by atoms with Crippen LogP contribution in [0.25, 0.3) is 0 Å². The average molecular weight is 286 g/mol. The fourth-order valence-corrected chi connectivity index (χ4v) is 1.41. The minimum absolute atomic E-state index is 0.0394. The molecule has 0 unspecified atom stereocenters. The normalized spacial score (nSPS) is 9.84. The summed E-state index contributed by atoms with van der Waals surface area (Å²) in [4.78, 5) is 34.4. The molecule has 19 heavy (non-hydrogen) atoms. The fraction of sp³-hybridized carbons (Fsp3) is 0.273. The number of nitro groups is 1. The average Bonchev–Trinajstić information content (AvgIpc) is 2.35. The lowest BCUT2D eigenvalue weighted by Gasteiger charge is -2.11. The van der Waals surface area contributed by atoms with Crippen molar-refractivity contribution in [1.29, 1.82) is 0 Å². The Balaban J connectivity index is 2.84. The summed E-state index contributed by atoms with van der Waals surface area (Å²) >= 11 is 5.79. The zero-order valence-corrected chi connectivity index (χ0v) is 11.1. The van der Waals surface area contributed by atoms with Gasteiger partial charge in [-0.1, -0.05) is 11.6 Å². The van der Waals surface area contributed by atoms with Crippen LogP contribution in [-0.2, 0) is 4.79 Å². The molecule has 102 valence electrons. The maximum absolute atomic E-state index is 11.8. The molecule has 0 spiro atoms. The number of hydrogen-bond acceptors (Lipinski definition) is 4. The van der Waals surface area contributed by atoms with Crippen molar-refractivity contribution in [2.45, 2.75) is 0 Å². The standard InChI is InChI=1S/C11H12ClN3O4/c1-14(2)10(16)6-13-11(17)8-5-7(15(18)19)3-4-9(8)12/h3-5H,6H2,1-2H3,(H,13,17). The quantitative estimate of drug-likeness (QED) is 0.661. The van der Waals surface area contributed by atoms with Crippen LogP contribution >= 0.6 is 11.6 Å². The molecule has 1 aromatic rings. The third-order valence-electron chi connectivity index (χ3n) is 2.30. The van der Waals surface area contributed by atoms with Gasteiger partial charge in [0.15, 0.2) is 0 Å². The zero-order chi connectivity index (χ0) is 14.6. The summed E-state index contributed by atoms with van der Waals surface area (Å²) in [5.74, 6) is -0.932. The van der Waals surface area contributed by atoms with E-state index in [1.54, 1.807) is 14.1 Å². The number of rotatable bonds is 4. The topological polar surface area (TPSA) is 92.6 Å². The van der Waals surface area contributed by atoms with E-state index in [4.69, 9.17) is 11.6 Å². The molecule has 0 aliphatic heterocycles. The van der Waals surface area contributed by atoms with Crippen molar-refractivity contribution in [1.82, 2.24) is 10.2 Å². The van der Waals surface area contributed by atoms with Crippen LogP contribution in [0.2, 0.25) is 5.02 Å². The molecule has 1 rings (SSSR count). The van der Waals surface area contributed by atoms with Crippen molar-refractivity contribution in [3.8, 4) is 0 Å². The van der Waals surface area contributed by atoms with Gasteiger partial charge in [0.05, 0.1) is 22.1 Å². The first kappa shape index (κ1) is 14.9. The van der Waals surface area contributed by atoms with Gasteiger partial charge in [-0.05, 0) is 6.07 Å². The Hall–Kier alpha value is -2.15. The number of likely N-dealkylation sites (N-methyl/N-ethyl adjacent to an activating group) is 1. The number of nitro benzene ring substituents is 1. The Morgan fingerprint density at radius 1 is 1.42 bits per heavy atom. The van der Waals surface area contributed by atoms with E-state index in [-0.39, 0.29) is 28.7 Å². The van der Waals surface area contributed by atoms with Gasteiger partial charge in [0.1, 0.15) is 0 Å². The molecule has 0 aliphatic carbocycles. The van der Waals surface area contributed by atoms with E-state index in [0.717, 1.165) is 6.07 Å². The number of halogens is 1. The van der Waals surface area contributed by atoms with Crippen molar-refractivity contribution in [2.24, 2.45) is 0 Å². The van der Waals surface area contributed by atoms with E-state index >= 15 is 0 Å². The molecule has 0 saturated carbocycles. The molecule has 1 N–H and O–H groups in total. The molecule has 2 amide bonds. The van der Waals surface area contributed by atoms with E-state index in [2.05, 4.69) is 5.32 Å². The van der Waals surface area contributed by atoms with Gasteiger partial charge < -0.3 is 10.2 Å². The molecular formula is C11H12ClN3O4. The molecule has 0 bridgehead atoms. The van der Waals surface area contributed by atoms with Crippen molar-refractivity contribution in [2.75, 3.05) is 20.6 Å². The summed E-state index contributed by atoms with van der Waals surface area (Å²) < 4.78 is 0. The maximum Gasteiger partial charge on any atom is 0.270 e. The molecule has 0 radical (unpaired) electrons. The number of hydrogen-bond donors (Lipinski definition) is 1. The van der Waals surface area contributed by atoms with Gasteiger partial charge in [0.25, 0.3) is 11.6 Å². The molecule has 0 saturated heterocycles. The highest BCUT2D eigenvalue weighted by molar-refractivity contribution is 6.34. The van der Waals surface area contributed by atoms with E-state index < -0.39 is 10.8 Å². The number of non-ortho nitro benzene ring substituents is 1. The monoisotopic (exact) mass is 285 g/mol. The third kappa shape index (κ3) is 3.92. The van der Waals surface area contributed by atoms with Gasteiger partial charge in [-0.3, -0.25) is 19.7 Å². The molecule has 1 aromatic carbocycles. The zero-order valence-electron chi connectivity index (χ0n) is 10.3. The summed E-state index contributed by atoms with van der Waals surface area (Å²) in [6.45, 7) is -0.204. The highest BCUT2D eigenvalue weighted by atomic mass is 35.5.